The zero-order valence-corrected chi connectivity index (χ0v) is 15.7. The van der Waals surface area contributed by atoms with E-state index in [-0.39, 0.29) is 0 Å². The van der Waals surface area contributed by atoms with Crippen molar-refractivity contribution in [2.75, 3.05) is 26.4 Å². The van der Waals surface area contributed by atoms with Crippen LogP contribution in [-0.2, 0) is 12.3 Å². The number of quaternary nitrogens is 1. The predicted molar refractivity (Wildman–Crippen MR) is 110 cm³/mol. The van der Waals surface area contributed by atoms with Gasteiger partial charge in [-0.15, -0.1) is 0 Å². The maximum atomic E-state index is 3.81. The highest BCUT2D eigenvalue weighted by Gasteiger charge is 2.15. The maximum absolute atomic E-state index is 3.81. The third-order valence-electron chi connectivity index (χ3n) is 4.15. The molecule has 0 radical (unpaired) electrons. The van der Waals surface area contributed by atoms with Crippen molar-refractivity contribution in [1.29, 1.82) is 0 Å². The van der Waals surface area contributed by atoms with Gasteiger partial charge in [0.25, 0.3) is 0 Å². The summed E-state index contributed by atoms with van der Waals surface area (Å²) in [5, 5.41) is 0. The maximum Gasteiger partial charge on any atom is 0.104 e. The molecule has 126 valence electrons. The van der Waals surface area contributed by atoms with Crippen molar-refractivity contribution >= 4 is 23.9 Å². The zero-order valence-electron chi connectivity index (χ0n) is 14.9. The van der Waals surface area contributed by atoms with Crippen LogP contribution in [0.1, 0.15) is 22.3 Å². The number of rotatable bonds is 9. The van der Waals surface area contributed by atoms with Crippen LogP contribution in [0.4, 0.5) is 0 Å². The lowest BCUT2D eigenvalue weighted by molar-refractivity contribution is -0.901. The van der Waals surface area contributed by atoms with E-state index < -0.39 is 0 Å². The minimum Gasteiger partial charge on any atom is -0.324 e. The van der Waals surface area contributed by atoms with E-state index in [1.165, 1.54) is 34.6 Å². The van der Waals surface area contributed by atoms with Gasteiger partial charge in [0.1, 0.15) is 6.54 Å². The van der Waals surface area contributed by atoms with Gasteiger partial charge >= 0.3 is 0 Å². The van der Waals surface area contributed by atoms with Crippen molar-refractivity contribution in [2.45, 2.75) is 12.3 Å². The molecule has 0 unspecified atom stereocenters. The molecule has 0 bridgehead atoms. The van der Waals surface area contributed by atoms with Gasteiger partial charge in [-0.25, -0.2) is 0 Å². The van der Waals surface area contributed by atoms with Crippen LogP contribution in [0.25, 0.3) is 12.2 Å². The second kappa shape index (κ2) is 8.91. The summed E-state index contributed by atoms with van der Waals surface area (Å²) in [7, 11) is 4.61. The number of hydrogen-bond donors (Lipinski definition) is 0. The second-order valence-corrected chi connectivity index (χ2v) is 7.87. The van der Waals surface area contributed by atoms with Crippen LogP contribution >= 0.6 is 11.8 Å². The van der Waals surface area contributed by atoms with Crippen molar-refractivity contribution in [3.8, 4) is 0 Å². The average Bonchev–Trinajstić information content (AvgIpc) is 2.59. The van der Waals surface area contributed by atoms with E-state index in [1.807, 2.05) is 23.9 Å². The molecule has 0 aliphatic heterocycles. The molecule has 0 saturated carbocycles. The Labute approximate surface area is 151 Å². The standard InChI is InChI=1S/C22H28NS/c1-5-19-7-11-21(12-8-19)17-23(3,4)15-16-24-18-22-13-9-20(6-2)10-14-22/h5-14H,1-2,15-18H2,3-4H3/q+1. The van der Waals surface area contributed by atoms with E-state index in [4.69, 9.17) is 0 Å². The molecule has 0 aliphatic carbocycles. The monoisotopic (exact) mass is 338 g/mol. The van der Waals surface area contributed by atoms with Gasteiger partial charge < -0.3 is 4.48 Å². The number of hydrogen-bond acceptors (Lipinski definition) is 1. The van der Waals surface area contributed by atoms with Crippen molar-refractivity contribution in [1.82, 2.24) is 0 Å². The van der Waals surface area contributed by atoms with Crippen LogP contribution in [0.3, 0.4) is 0 Å². The highest BCUT2D eigenvalue weighted by Crippen LogP contribution is 2.16. The van der Waals surface area contributed by atoms with Gasteiger partial charge in [-0.1, -0.05) is 73.8 Å². The molecule has 2 aromatic carbocycles. The number of thioether (sulfide) groups is 1. The van der Waals surface area contributed by atoms with Crippen molar-refractivity contribution in [3.63, 3.8) is 0 Å². The molecular formula is C22H28NS+. The van der Waals surface area contributed by atoms with Gasteiger partial charge in [-0.2, -0.15) is 11.8 Å². The quantitative estimate of drug-likeness (QED) is 0.431. The van der Waals surface area contributed by atoms with Crippen LogP contribution < -0.4 is 0 Å². The molecule has 0 atom stereocenters. The molecule has 2 rings (SSSR count). The van der Waals surface area contributed by atoms with E-state index in [0.29, 0.717) is 0 Å². The van der Waals surface area contributed by atoms with Crippen LogP contribution in [0, 0.1) is 0 Å². The van der Waals surface area contributed by atoms with Crippen molar-refractivity contribution in [2.24, 2.45) is 0 Å². The molecule has 0 amide bonds. The molecule has 0 aliphatic rings. The summed E-state index contributed by atoms with van der Waals surface area (Å²) in [5.74, 6) is 2.24. The largest absolute Gasteiger partial charge is 0.324 e. The first kappa shape index (κ1) is 18.6. The first-order chi connectivity index (χ1) is 11.5. The summed E-state index contributed by atoms with van der Waals surface area (Å²) in [6.07, 6.45) is 3.78. The molecule has 0 saturated heterocycles. The lowest BCUT2D eigenvalue weighted by Gasteiger charge is -2.29. The van der Waals surface area contributed by atoms with E-state index in [2.05, 4.69) is 75.8 Å². The minimum absolute atomic E-state index is 1.01. The molecule has 0 aromatic heterocycles. The smallest absolute Gasteiger partial charge is 0.104 e. The van der Waals surface area contributed by atoms with Gasteiger partial charge in [-0.3, -0.25) is 0 Å². The van der Waals surface area contributed by atoms with Crippen molar-refractivity contribution < 1.29 is 4.48 Å². The molecule has 2 aromatic rings. The second-order valence-electron chi connectivity index (χ2n) is 6.76. The SMILES string of the molecule is C=Cc1ccc(CSCC[N+](C)(C)Cc2ccc(C=C)cc2)cc1. The Morgan fingerprint density at radius 1 is 0.833 bits per heavy atom. The fraction of sp³-hybridized carbons (Fsp3) is 0.273. The van der Waals surface area contributed by atoms with Gasteiger partial charge in [0.2, 0.25) is 0 Å². The zero-order chi connectivity index (χ0) is 17.4. The normalized spacial score (nSPS) is 11.2. The number of benzene rings is 2. The lowest BCUT2D eigenvalue weighted by Crippen LogP contribution is -2.40. The Morgan fingerprint density at radius 3 is 1.83 bits per heavy atom. The van der Waals surface area contributed by atoms with Crippen LogP contribution in [0.15, 0.2) is 61.7 Å². The van der Waals surface area contributed by atoms with Crippen LogP contribution in [0.5, 0.6) is 0 Å². The third-order valence-corrected chi connectivity index (χ3v) is 5.16. The summed E-state index contributed by atoms with van der Waals surface area (Å²) in [4.78, 5) is 0. The molecule has 0 heterocycles. The molecule has 0 fully saturated rings. The van der Waals surface area contributed by atoms with Gasteiger partial charge in [0.15, 0.2) is 0 Å². The molecule has 1 nitrogen and oxygen atoms in total. The summed E-state index contributed by atoms with van der Waals surface area (Å²) < 4.78 is 1.01. The lowest BCUT2D eigenvalue weighted by atomic mass is 10.1. The van der Waals surface area contributed by atoms with Gasteiger partial charge in [-0.05, 0) is 16.7 Å². The first-order valence-electron chi connectivity index (χ1n) is 8.35. The van der Waals surface area contributed by atoms with E-state index in [0.717, 1.165) is 16.8 Å². The Balaban J connectivity index is 1.76. The molecule has 2 heteroatoms. The third kappa shape index (κ3) is 6.03. The summed E-state index contributed by atoms with van der Waals surface area (Å²) in [5.41, 5.74) is 5.14. The highest BCUT2D eigenvalue weighted by molar-refractivity contribution is 7.98. The number of nitrogens with zero attached hydrogens (tertiary/aromatic N) is 1. The first-order valence-corrected chi connectivity index (χ1v) is 9.50. The van der Waals surface area contributed by atoms with Crippen LogP contribution in [0.2, 0.25) is 0 Å². The Kier molecular flexibility index (Phi) is 6.89. The molecular weight excluding hydrogens is 310 g/mol. The minimum atomic E-state index is 1.01. The summed E-state index contributed by atoms with van der Waals surface area (Å²) in [6, 6.07) is 17.4. The average molecular weight is 339 g/mol. The summed E-state index contributed by atoms with van der Waals surface area (Å²) >= 11 is 2.01. The highest BCUT2D eigenvalue weighted by atomic mass is 32.2. The van der Waals surface area contributed by atoms with Crippen LogP contribution in [-0.4, -0.2) is 30.9 Å². The predicted octanol–water partition coefficient (Wildman–Crippen LogP) is 5.48. The van der Waals surface area contributed by atoms with Crippen molar-refractivity contribution in [3.05, 3.63) is 83.9 Å². The van der Waals surface area contributed by atoms with Gasteiger partial charge in [0, 0.05) is 17.1 Å². The molecule has 0 N–H and O–H groups in total. The van der Waals surface area contributed by atoms with Gasteiger partial charge in [0.05, 0.1) is 20.6 Å². The fourth-order valence-corrected chi connectivity index (χ4v) is 3.78. The van der Waals surface area contributed by atoms with E-state index in [9.17, 15) is 0 Å². The fourth-order valence-electron chi connectivity index (χ4n) is 2.58. The van der Waals surface area contributed by atoms with E-state index in [1.54, 1.807) is 0 Å². The Morgan fingerprint density at radius 2 is 1.33 bits per heavy atom. The summed E-state index contributed by atoms with van der Waals surface area (Å²) in [6.45, 7) is 9.83. The van der Waals surface area contributed by atoms with E-state index >= 15 is 0 Å². The molecule has 0 spiro atoms. The Hall–Kier alpha value is -1.77. The topological polar surface area (TPSA) is 0 Å². The molecule has 24 heavy (non-hydrogen) atoms. The Bertz CT molecular complexity index is 653.